The van der Waals surface area contributed by atoms with Gasteiger partial charge in [-0.05, 0) is 50.1 Å². The SMILES string of the molecule is CCN1CCN(c2ccc(N3C(=O)NC4(CCCCC4)C3=O)cc2C)CC1. The van der Waals surface area contributed by atoms with Crippen LogP contribution in [-0.4, -0.2) is 55.1 Å². The van der Waals surface area contributed by atoms with Crippen LogP contribution in [-0.2, 0) is 4.79 Å². The number of imide groups is 1. The van der Waals surface area contributed by atoms with E-state index >= 15 is 0 Å². The lowest BCUT2D eigenvalue weighted by Crippen LogP contribution is -2.48. The van der Waals surface area contributed by atoms with Crippen LogP contribution >= 0.6 is 0 Å². The molecular weight excluding hydrogens is 340 g/mol. The monoisotopic (exact) mass is 370 g/mol. The Morgan fingerprint density at radius 3 is 2.37 bits per heavy atom. The maximum Gasteiger partial charge on any atom is 0.329 e. The van der Waals surface area contributed by atoms with Gasteiger partial charge in [0.25, 0.3) is 5.91 Å². The fraction of sp³-hybridized carbons (Fsp3) is 0.619. The summed E-state index contributed by atoms with van der Waals surface area (Å²) in [4.78, 5) is 31.9. The Bertz CT molecular complexity index is 734. The van der Waals surface area contributed by atoms with Crippen molar-refractivity contribution in [2.75, 3.05) is 42.5 Å². The predicted octanol–water partition coefficient (Wildman–Crippen LogP) is 2.90. The van der Waals surface area contributed by atoms with Crippen LogP contribution in [0.15, 0.2) is 18.2 Å². The molecule has 146 valence electrons. The summed E-state index contributed by atoms with van der Waals surface area (Å²) in [5.41, 5.74) is 2.34. The summed E-state index contributed by atoms with van der Waals surface area (Å²) in [5.74, 6) is -0.0732. The largest absolute Gasteiger partial charge is 0.369 e. The Labute approximate surface area is 161 Å². The first-order valence-electron chi connectivity index (χ1n) is 10.3. The highest BCUT2D eigenvalue weighted by atomic mass is 16.2. The van der Waals surface area contributed by atoms with Gasteiger partial charge in [0.05, 0.1) is 5.69 Å². The van der Waals surface area contributed by atoms with Crippen LogP contribution in [0.2, 0.25) is 0 Å². The van der Waals surface area contributed by atoms with Crippen molar-refractivity contribution in [1.29, 1.82) is 0 Å². The topological polar surface area (TPSA) is 55.9 Å². The Hall–Kier alpha value is -2.08. The van der Waals surface area contributed by atoms with Crippen LogP contribution in [0.25, 0.3) is 0 Å². The van der Waals surface area contributed by atoms with Crippen LogP contribution in [0.3, 0.4) is 0 Å². The van der Waals surface area contributed by atoms with Gasteiger partial charge < -0.3 is 15.1 Å². The van der Waals surface area contributed by atoms with Crippen molar-refractivity contribution in [2.24, 2.45) is 0 Å². The van der Waals surface area contributed by atoms with Crippen molar-refractivity contribution in [3.05, 3.63) is 23.8 Å². The molecule has 3 aliphatic rings. The maximum absolute atomic E-state index is 13.1. The van der Waals surface area contributed by atoms with Crippen LogP contribution < -0.4 is 15.1 Å². The Kier molecular flexibility index (Phi) is 4.84. The molecule has 1 aromatic carbocycles. The highest BCUT2D eigenvalue weighted by molar-refractivity contribution is 6.23. The minimum atomic E-state index is -0.668. The highest BCUT2D eigenvalue weighted by Gasteiger charge is 2.51. The van der Waals surface area contributed by atoms with Crippen LogP contribution in [0, 0.1) is 6.92 Å². The number of hydrogen-bond donors (Lipinski definition) is 1. The fourth-order valence-electron chi connectivity index (χ4n) is 4.79. The number of aryl methyl sites for hydroxylation is 1. The molecule has 1 aromatic rings. The first kappa shape index (κ1) is 18.3. The van der Waals surface area contributed by atoms with Gasteiger partial charge in [0.2, 0.25) is 0 Å². The fourth-order valence-corrected chi connectivity index (χ4v) is 4.79. The van der Waals surface area contributed by atoms with E-state index in [9.17, 15) is 9.59 Å². The number of hydrogen-bond acceptors (Lipinski definition) is 4. The van der Waals surface area contributed by atoms with E-state index in [1.165, 1.54) is 10.6 Å². The van der Waals surface area contributed by atoms with Crippen LogP contribution in [0.1, 0.15) is 44.6 Å². The van der Waals surface area contributed by atoms with Crippen LogP contribution in [0.5, 0.6) is 0 Å². The molecule has 0 aromatic heterocycles. The quantitative estimate of drug-likeness (QED) is 0.832. The summed E-state index contributed by atoms with van der Waals surface area (Å²) < 4.78 is 0. The molecule has 2 aliphatic heterocycles. The molecule has 2 saturated heterocycles. The summed E-state index contributed by atoms with van der Waals surface area (Å²) in [7, 11) is 0. The van der Waals surface area contributed by atoms with E-state index in [4.69, 9.17) is 0 Å². The average molecular weight is 370 g/mol. The molecule has 0 unspecified atom stereocenters. The van der Waals surface area contributed by atoms with Gasteiger partial charge in [0, 0.05) is 31.9 Å². The zero-order chi connectivity index (χ0) is 19.0. The number of piperazine rings is 1. The first-order valence-corrected chi connectivity index (χ1v) is 10.3. The summed E-state index contributed by atoms with van der Waals surface area (Å²) in [6.07, 6.45) is 4.66. The molecule has 4 rings (SSSR count). The first-order chi connectivity index (χ1) is 13.0. The van der Waals surface area contributed by atoms with Gasteiger partial charge in [-0.15, -0.1) is 0 Å². The number of rotatable bonds is 3. The minimum Gasteiger partial charge on any atom is -0.369 e. The number of likely N-dealkylation sites (N-methyl/N-ethyl adjacent to an activating group) is 1. The number of anilines is 2. The molecule has 0 bridgehead atoms. The third-order valence-electron chi connectivity index (χ3n) is 6.47. The Morgan fingerprint density at radius 1 is 1.04 bits per heavy atom. The second-order valence-electron chi connectivity index (χ2n) is 8.11. The molecule has 0 atom stereocenters. The molecule has 6 nitrogen and oxygen atoms in total. The lowest BCUT2D eigenvalue weighted by molar-refractivity contribution is -0.123. The second kappa shape index (κ2) is 7.15. The minimum absolute atomic E-state index is 0.0732. The number of nitrogens with one attached hydrogen (secondary N) is 1. The smallest absolute Gasteiger partial charge is 0.329 e. The van der Waals surface area contributed by atoms with E-state index in [1.54, 1.807) is 0 Å². The van der Waals surface area contributed by atoms with Crippen molar-refractivity contribution in [1.82, 2.24) is 10.2 Å². The van der Waals surface area contributed by atoms with E-state index in [0.29, 0.717) is 5.69 Å². The highest BCUT2D eigenvalue weighted by Crippen LogP contribution is 2.36. The third-order valence-corrected chi connectivity index (χ3v) is 6.47. The summed E-state index contributed by atoms with van der Waals surface area (Å²) >= 11 is 0. The van der Waals surface area contributed by atoms with E-state index < -0.39 is 5.54 Å². The second-order valence-corrected chi connectivity index (χ2v) is 8.11. The van der Waals surface area contributed by atoms with Gasteiger partial charge >= 0.3 is 6.03 Å². The molecule has 6 heteroatoms. The maximum atomic E-state index is 13.1. The number of carbonyl (C=O) groups is 2. The van der Waals surface area contributed by atoms with Crippen molar-refractivity contribution in [3.8, 4) is 0 Å². The molecule has 3 fully saturated rings. The van der Waals surface area contributed by atoms with E-state index in [1.807, 2.05) is 12.1 Å². The summed E-state index contributed by atoms with van der Waals surface area (Å²) in [5, 5.41) is 3.00. The molecular formula is C21H30N4O2. The lowest BCUT2D eigenvalue weighted by atomic mass is 9.81. The van der Waals surface area contributed by atoms with E-state index in [2.05, 4.69) is 35.0 Å². The standard InChI is InChI=1S/C21H30N4O2/c1-3-23-11-13-24(14-12-23)18-8-7-17(15-16(18)2)25-19(26)21(22-20(25)27)9-5-4-6-10-21/h7-8,15H,3-6,9-14H2,1-2H3,(H,22,27). The number of carbonyl (C=O) groups excluding carboxylic acids is 2. The molecule has 1 aliphatic carbocycles. The number of urea groups is 1. The molecule has 0 radical (unpaired) electrons. The van der Waals surface area contributed by atoms with Gasteiger partial charge in [-0.3, -0.25) is 4.79 Å². The molecule has 2 heterocycles. The van der Waals surface area contributed by atoms with Crippen molar-refractivity contribution in [3.63, 3.8) is 0 Å². The third kappa shape index (κ3) is 3.20. The number of amides is 3. The Balaban J connectivity index is 1.54. The van der Waals surface area contributed by atoms with Gasteiger partial charge in [-0.1, -0.05) is 26.2 Å². The summed E-state index contributed by atoms with van der Waals surface area (Å²) in [6, 6.07) is 5.71. The predicted molar refractivity (Wildman–Crippen MR) is 107 cm³/mol. The van der Waals surface area contributed by atoms with Gasteiger partial charge in [-0.25, -0.2) is 9.69 Å². The number of nitrogens with zero attached hydrogens (tertiary/aromatic N) is 3. The van der Waals surface area contributed by atoms with Gasteiger partial charge in [0.15, 0.2) is 0 Å². The van der Waals surface area contributed by atoms with Crippen molar-refractivity contribution < 1.29 is 9.59 Å². The van der Waals surface area contributed by atoms with Crippen molar-refractivity contribution in [2.45, 2.75) is 51.5 Å². The zero-order valence-corrected chi connectivity index (χ0v) is 16.5. The average Bonchev–Trinajstić information content (AvgIpc) is 2.92. The number of benzene rings is 1. The lowest BCUT2D eigenvalue weighted by Gasteiger charge is -2.36. The molecule has 1 saturated carbocycles. The zero-order valence-electron chi connectivity index (χ0n) is 16.5. The Morgan fingerprint density at radius 2 is 1.74 bits per heavy atom. The van der Waals surface area contributed by atoms with E-state index in [0.717, 1.165) is 70.4 Å². The molecule has 3 amide bonds. The van der Waals surface area contributed by atoms with Gasteiger partial charge in [0.1, 0.15) is 5.54 Å². The molecule has 27 heavy (non-hydrogen) atoms. The molecule has 1 N–H and O–H groups in total. The molecule has 1 spiro atoms. The van der Waals surface area contributed by atoms with E-state index in [-0.39, 0.29) is 11.9 Å². The normalized spacial score (nSPS) is 23.2. The van der Waals surface area contributed by atoms with Gasteiger partial charge in [-0.2, -0.15) is 0 Å². The van der Waals surface area contributed by atoms with Crippen LogP contribution in [0.4, 0.5) is 16.2 Å². The van der Waals surface area contributed by atoms with Crippen molar-refractivity contribution >= 4 is 23.3 Å². The summed E-state index contributed by atoms with van der Waals surface area (Å²) in [6.45, 7) is 9.55.